The summed E-state index contributed by atoms with van der Waals surface area (Å²) >= 11 is 0. The van der Waals surface area contributed by atoms with E-state index in [0.717, 1.165) is 37.8 Å². The minimum atomic E-state index is -3.44. The van der Waals surface area contributed by atoms with Crippen LogP contribution in [0, 0.1) is 0 Å². The number of rotatable bonds is 6. The van der Waals surface area contributed by atoms with E-state index in [1.807, 2.05) is 17.9 Å². The van der Waals surface area contributed by atoms with Crippen molar-refractivity contribution in [1.29, 1.82) is 0 Å². The van der Waals surface area contributed by atoms with Gasteiger partial charge in [0.1, 0.15) is 0 Å². The van der Waals surface area contributed by atoms with E-state index in [9.17, 15) is 13.2 Å². The van der Waals surface area contributed by atoms with Crippen LogP contribution in [-0.4, -0.2) is 68.8 Å². The minimum Gasteiger partial charge on any atom is -0.352 e. The van der Waals surface area contributed by atoms with E-state index >= 15 is 0 Å². The second kappa shape index (κ2) is 12.0. The van der Waals surface area contributed by atoms with Crippen molar-refractivity contribution < 1.29 is 13.2 Å². The second-order valence-corrected chi connectivity index (χ2v) is 9.80. The first kappa shape index (κ1) is 25.9. The number of guanidine groups is 1. The maximum absolute atomic E-state index is 12.9. The van der Waals surface area contributed by atoms with Gasteiger partial charge in [-0.05, 0) is 37.0 Å². The molecule has 1 amide bonds. The summed E-state index contributed by atoms with van der Waals surface area (Å²) in [5.41, 5.74) is 0.880. The summed E-state index contributed by atoms with van der Waals surface area (Å²) in [5, 5.41) is 6.62. The molecule has 0 aliphatic carbocycles. The molecule has 31 heavy (non-hydrogen) atoms. The fraction of sp³-hybridized carbons (Fsp3) is 0.619. The van der Waals surface area contributed by atoms with Gasteiger partial charge in [0.2, 0.25) is 15.9 Å². The number of hydrogen-bond acceptors (Lipinski definition) is 4. The third kappa shape index (κ3) is 6.79. The molecule has 1 atom stereocenters. The molecule has 8 nitrogen and oxygen atoms in total. The first-order valence-electron chi connectivity index (χ1n) is 10.8. The Morgan fingerprint density at radius 1 is 1.19 bits per heavy atom. The SMILES string of the molecule is CCC(=O)N1CCC(NC(=NC)NCc2cccc(S(=O)(=O)N3CCCCC3)c2)C1.I. The van der Waals surface area contributed by atoms with Crippen LogP contribution in [0.5, 0.6) is 0 Å². The van der Waals surface area contributed by atoms with Crippen LogP contribution in [-0.2, 0) is 21.4 Å². The Kier molecular flexibility index (Phi) is 10.0. The Balaban J connectivity index is 0.00000341. The molecule has 2 aliphatic rings. The fourth-order valence-corrected chi connectivity index (χ4v) is 5.56. The topological polar surface area (TPSA) is 94.1 Å². The zero-order valence-electron chi connectivity index (χ0n) is 18.3. The highest BCUT2D eigenvalue weighted by Crippen LogP contribution is 2.21. The molecule has 0 bridgehead atoms. The fourth-order valence-electron chi connectivity index (χ4n) is 3.97. The lowest BCUT2D eigenvalue weighted by molar-refractivity contribution is -0.129. The van der Waals surface area contributed by atoms with Gasteiger partial charge in [0.15, 0.2) is 5.96 Å². The maximum Gasteiger partial charge on any atom is 0.243 e. The Morgan fingerprint density at radius 3 is 2.61 bits per heavy atom. The van der Waals surface area contributed by atoms with E-state index in [1.54, 1.807) is 29.6 Å². The van der Waals surface area contributed by atoms with Gasteiger partial charge in [0, 0.05) is 52.2 Å². The third-order valence-corrected chi connectivity index (χ3v) is 7.61. The van der Waals surface area contributed by atoms with Gasteiger partial charge in [-0.3, -0.25) is 9.79 Å². The van der Waals surface area contributed by atoms with Crippen molar-refractivity contribution >= 4 is 45.9 Å². The van der Waals surface area contributed by atoms with E-state index in [2.05, 4.69) is 15.6 Å². The largest absolute Gasteiger partial charge is 0.352 e. The normalized spacial score (nSPS) is 20.3. The number of likely N-dealkylation sites (tertiary alicyclic amines) is 1. The van der Waals surface area contributed by atoms with E-state index in [0.29, 0.717) is 43.5 Å². The molecule has 0 radical (unpaired) electrons. The number of carbonyl (C=O) groups excluding carboxylic acids is 1. The number of nitrogens with zero attached hydrogens (tertiary/aromatic N) is 3. The van der Waals surface area contributed by atoms with Crippen LogP contribution >= 0.6 is 24.0 Å². The summed E-state index contributed by atoms with van der Waals surface area (Å²) in [4.78, 5) is 18.3. The quantitative estimate of drug-likeness (QED) is 0.315. The molecule has 3 rings (SSSR count). The van der Waals surface area contributed by atoms with Crippen LogP contribution in [0.1, 0.15) is 44.6 Å². The molecule has 174 valence electrons. The molecule has 0 aromatic heterocycles. The van der Waals surface area contributed by atoms with Crippen LogP contribution in [0.4, 0.5) is 0 Å². The van der Waals surface area contributed by atoms with Crippen molar-refractivity contribution in [2.45, 2.75) is 56.5 Å². The summed E-state index contributed by atoms with van der Waals surface area (Å²) in [7, 11) is -1.74. The highest BCUT2D eigenvalue weighted by molar-refractivity contribution is 14.0. The predicted molar refractivity (Wildman–Crippen MR) is 133 cm³/mol. The van der Waals surface area contributed by atoms with Crippen molar-refractivity contribution in [3.8, 4) is 0 Å². The Hall–Kier alpha value is -1.40. The standard InChI is InChI=1S/C21H33N5O3S.HI/c1-3-20(27)25-13-10-18(16-25)24-21(22-2)23-15-17-8-7-9-19(14-17)30(28,29)26-11-5-4-6-12-26;/h7-9,14,18H,3-6,10-13,15-16H2,1-2H3,(H2,22,23,24);1H. The number of hydrogen-bond donors (Lipinski definition) is 2. The zero-order chi connectivity index (χ0) is 21.6. The predicted octanol–water partition coefficient (Wildman–Crippen LogP) is 2.16. The Bertz CT molecular complexity index is 872. The van der Waals surface area contributed by atoms with Crippen LogP contribution < -0.4 is 10.6 Å². The average Bonchev–Trinajstić information content (AvgIpc) is 3.25. The van der Waals surface area contributed by atoms with Crippen molar-refractivity contribution in [1.82, 2.24) is 19.8 Å². The van der Waals surface area contributed by atoms with Gasteiger partial charge in [-0.2, -0.15) is 4.31 Å². The van der Waals surface area contributed by atoms with Crippen molar-refractivity contribution in [3.05, 3.63) is 29.8 Å². The van der Waals surface area contributed by atoms with Crippen LogP contribution in [0.2, 0.25) is 0 Å². The van der Waals surface area contributed by atoms with Crippen molar-refractivity contribution in [2.75, 3.05) is 33.2 Å². The highest BCUT2D eigenvalue weighted by Gasteiger charge is 2.27. The van der Waals surface area contributed by atoms with E-state index < -0.39 is 10.0 Å². The van der Waals surface area contributed by atoms with E-state index in [-0.39, 0.29) is 35.9 Å². The summed E-state index contributed by atoms with van der Waals surface area (Å²) < 4.78 is 27.4. The molecule has 2 fully saturated rings. The van der Waals surface area contributed by atoms with E-state index in [1.165, 1.54) is 0 Å². The molecule has 2 N–H and O–H groups in total. The number of nitrogens with one attached hydrogen (secondary N) is 2. The van der Waals surface area contributed by atoms with Gasteiger partial charge in [0.25, 0.3) is 0 Å². The van der Waals surface area contributed by atoms with Crippen LogP contribution in [0.15, 0.2) is 34.2 Å². The average molecular weight is 564 g/mol. The molecule has 1 aromatic carbocycles. The van der Waals surface area contributed by atoms with Gasteiger partial charge < -0.3 is 15.5 Å². The molecule has 10 heteroatoms. The lowest BCUT2D eigenvalue weighted by Crippen LogP contribution is -2.44. The van der Waals surface area contributed by atoms with Crippen LogP contribution in [0.3, 0.4) is 0 Å². The molecular weight excluding hydrogens is 529 g/mol. The molecule has 2 saturated heterocycles. The summed E-state index contributed by atoms with van der Waals surface area (Å²) in [6, 6.07) is 7.26. The monoisotopic (exact) mass is 563 g/mol. The number of benzene rings is 1. The highest BCUT2D eigenvalue weighted by atomic mass is 127. The Morgan fingerprint density at radius 2 is 1.94 bits per heavy atom. The van der Waals surface area contributed by atoms with Crippen molar-refractivity contribution in [2.24, 2.45) is 4.99 Å². The molecular formula is C21H34IN5O3S. The summed E-state index contributed by atoms with van der Waals surface area (Å²) in [5.74, 6) is 0.823. The second-order valence-electron chi connectivity index (χ2n) is 7.86. The summed E-state index contributed by atoms with van der Waals surface area (Å²) in [6.07, 6.45) is 4.34. The van der Waals surface area contributed by atoms with E-state index in [4.69, 9.17) is 0 Å². The first-order valence-corrected chi connectivity index (χ1v) is 12.2. The molecule has 1 aromatic rings. The number of sulfonamides is 1. The molecule has 1 unspecified atom stereocenters. The third-order valence-electron chi connectivity index (χ3n) is 5.72. The van der Waals surface area contributed by atoms with Crippen molar-refractivity contribution in [3.63, 3.8) is 0 Å². The molecule has 0 saturated carbocycles. The number of halogens is 1. The first-order chi connectivity index (χ1) is 14.4. The number of carbonyl (C=O) groups is 1. The van der Waals surface area contributed by atoms with Crippen LogP contribution in [0.25, 0.3) is 0 Å². The minimum absolute atomic E-state index is 0. The molecule has 2 aliphatic heterocycles. The molecule has 0 spiro atoms. The van der Waals surface area contributed by atoms with Gasteiger partial charge in [-0.1, -0.05) is 25.5 Å². The number of piperidine rings is 1. The van der Waals surface area contributed by atoms with Gasteiger partial charge in [-0.25, -0.2) is 8.42 Å². The number of aliphatic imine (C=N–C) groups is 1. The van der Waals surface area contributed by atoms with Gasteiger partial charge in [0.05, 0.1) is 4.90 Å². The van der Waals surface area contributed by atoms with Gasteiger partial charge >= 0.3 is 0 Å². The smallest absolute Gasteiger partial charge is 0.243 e. The summed E-state index contributed by atoms with van der Waals surface area (Å²) in [6.45, 7) is 4.98. The zero-order valence-corrected chi connectivity index (χ0v) is 21.5. The molecule has 2 heterocycles. The lowest BCUT2D eigenvalue weighted by atomic mass is 10.2. The number of amides is 1. The Labute approximate surface area is 202 Å². The lowest BCUT2D eigenvalue weighted by Gasteiger charge is -2.26. The van der Waals surface area contributed by atoms with Gasteiger partial charge in [-0.15, -0.1) is 24.0 Å². The maximum atomic E-state index is 12.9.